The number of nitrogens with one attached hydrogen (secondary N) is 1. The van der Waals surface area contributed by atoms with Crippen molar-refractivity contribution < 1.29 is 14.6 Å². The Kier molecular flexibility index (Phi) is 5.21. The molecule has 0 bridgehead atoms. The van der Waals surface area contributed by atoms with Crippen LogP contribution in [0.5, 0.6) is 11.5 Å². The fraction of sp³-hybridized carbons (Fsp3) is 0.235. The second-order valence-corrected chi connectivity index (χ2v) is 4.89. The van der Waals surface area contributed by atoms with E-state index in [1.165, 1.54) is 0 Å². The molecule has 0 fully saturated rings. The van der Waals surface area contributed by atoms with Gasteiger partial charge in [0.05, 0.1) is 5.69 Å². The number of para-hydroxylation sites is 3. The van der Waals surface area contributed by atoms with E-state index < -0.39 is 5.97 Å². The van der Waals surface area contributed by atoms with Gasteiger partial charge in [0.25, 0.3) is 0 Å². The molecule has 2 aromatic rings. The second-order valence-electron chi connectivity index (χ2n) is 4.89. The minimum Gasteiger partial charge on any atom is -0.481 e. The smallest absolute Gasteiger partial charge is 0.303 e. The lowest BCUT2D eigenvalue weighted by Gasteiger charge is -2.17. The number of benzene rings is 2. The van der Waals surface area contributed by atoms with Gasteiger partial charge in [-0.15, -0.1) is 0 Å². The first-order valence-corrected chi connectivity index (χ1v) is 6.95. The summed E-state index contributed by atoms with van der Waals surface area (Å²) in [7, 11) is 0. The number of carboxylic acids is 1. The van der Waals surface area contributed by atoms with Crippen LogP contribution < -0.4 is 10.1 Å². The molecule has 0 saturated carbocycles. The first-order chi connectivity index (χ1) is 10.1. The van der Waals surface area contributed by atoms with Crippen LogP contribution in [-0.4, -0.2) is 17.1 Å². The van der Waals surface area contributed by atoms with Gasteiger partial charge in [0, 0.05) is 12.5 Å². The molecule has 21 heavy (non-hydrogen) atoms. The molecule has 2 aromatic carbocycles. The molecule has 0 radical (unpaired) electrons. The summed E-state index contributed by atoms with van der Waals surface area (Å²) in [6.07, 6.45) is 0.713. The summed E-state index contributed by atoms with van der Waals surface area (Å²) in [6, 6.07) is 17.3. The molecule has 1 unspecified atom stereocenters. The number of hydrogen-bond donors (Lipinski definition) is 2. The number of carboxylic acid groups (broad SMARTS) is 1. The maximum absolute atomic E-state index is 10.6. The van der Waals surface area contributed by atoms with Crippen LogP contribution in [0.4, 0.5) is 5.69 Å². The third kappa shape index (κ3) is 4.84. The molecule has 0 aliphatic heterocycles. The highest BCUT2D eigenvalue weighted by molar-refractivity contribution is 5.67. The zero-order chi connectivity index (χ0) is 15.1. The summed E-state index contributed by atoms with van der Waals surface area (Å²) in [6.45, 7) is 1.96. The van der Waals surface area contributed by atoms with Gasteiger partial charge in [-0.25, -0.2) is 0 Å². The molecule has 4 nitrogen and oxygen atoms in total. The number of rotatable bonds is 7. The van der Waals surface area contributed by atoms with Crippen LogP contribution in [-0.2, 0) is 4.79 Å². The topological polar surface area (TPSA) is 58.6 Å². The fourth-order valence-corrected chi connectivity index (χ4v) is 1.97. The molecule has 0 aromatic heterocycles. The Balaban J connectivity index is 2.04. The number of carbonyl (C=O) groups is 1. The van der Waals surface area contributed by atoms with Crippen LogP contribution in [0.2, 0.25) is 0 Å². The molecule has 110 valence electrons. The molecule has 0 saturated heterocycles. The highest BCUT2D eigenvalue weighted by Gasteiger charge is 2.09. The predicted octanol–water partition coefficient (Wildman–Crippen LogP) is 4.14. The summed E-state index contributed by atoms with van der Waals surface area (Å²) in [5, 5.41) is 12.0. The molecule has 0 aliphatic carbocycles. The van der Waals surface area contributed by atoms with Crippen LogP contribution in [0.3, 0.4) is 0 Å². The lowest BCUT2D eigenvalue weighted by molar-refractivity contribution is -0.137. The van der Waals surface area contributed by atoms with Gasteiger partial charge >= 0.3 is 5.97 Å². The van der Waals surface area contributed by atoms with Crippen molar-refractivity contribution in [3.05, 3.63) is 54.6 Å². The van der Waals surface area contributed by atoms with E-state index in [9.17, 15) is 4.79 Å². The van der Waals surface area contributed by atoms with Crippen molar-refractivity contribution in [1.82, 2.24) is 0 Å². The minimum atomic E-state index is -0.780. The Labute approximate surface area is 124 Å². The summed E-state index contributed by atoms with van der Waals surface area (Å²) >= 11 is 0. The summed E-state index contributed by atoms with van der Waals surface area (Å²) in [5.41, 5.74) is 0.860. The van der Waals surface area contributed by atoms with E-state index >= 15 is 0 Å². The summed E-state index contributed by atoms with van der Waals surface area (Å²) in [4.78, 5) is 10.6. The van der Waals surface area contributed by atoms with Crippen LogP contribution >= 0.6 is 0 Å². The van der Waals surface area contributed by atoms with Gasteiger partial charge in [-0.1, -0.05) is 30.3 Å². The van der Waals surface area contributed by atoms with Gasteiger partial charge in [0.2, 0.25) is 0 Å². The molecule has 4 heteroatoms. The number of anilines is 1. The largest absolute Gasteiger partial charge is 0.481 e. The Morgan fingerprint density at radius 1 is 1.14 bits per heavy atom. The van der Waals surface area contributed by atoms with Crippen LogP contribution in [0.15, 0.2) is 54.6 Å². The highest BCUT2D eigenvalue weighted by atomic mass is 16.5. The quantitative estimate of drug-likeness (QED) is 0.802. The Hall–Kier alpha value is -2.49. The van der Waals surface area contributed by atoms with E-state index in [0.717, 1.165) is 17.2 Å². The zero-order valence-corrected chi connectivity index (χ0v) is 12.0. The van der Waals surface area contributed by atoms with Crippen molar-refractivity contribution in [2.24, 2.45) is 0 Å². The van der Waals surface area contributed by atoms with Crippen LogP contribution in [0.1, 0.15) is 19.8 Å². The number of ether oxygens (including phenoxy) is 1. The third-order valence-corrected chi connectivity index (χ3v) is 3.05. The third-order valence-electron chi connectivity index (χ3n) is 3.05. The molecular formula is C17H19NO3. The normalized spacial score (nSPS) is 11.7. The number of aliphatic carboxylic acids is 1. The van der Waals surface area contributed by atoms with Gasteiger partial charge in [0.15, 0.2) is 5.75 Å². The lowest BCUT2D eigenvalue weighted by atomic mass is 10.1. The van der Waals surface area contributed by atoms with Crippen molar-refractivity contribution in [1.29, 1.82) is 0 Å². The first-order valence-electron chi connectivity index (χ1n) is 6.95. The standard InChI is InChI=1S/C17H19NO3/c1-13(11-12-17(19)20)18-15-9-5-6-10-16(15)21-14-7-3-2-4-8-14/h2-10,13,18H,11-12H2,1H3,(H,19,20). The maximum Gasteiger partial charge on any atom is 0.303 e. The Bertz CT molecular complexity index is 584. The molecule has 2 rings (SSSR count). The number of hydrogen-bond acceptors (Lipinski definition) is 3. The lowest BCUT2D eigenvalue weighted by Crippen LogP contribution is -2.17. The van der Waals surface area contributed by atoms with Crippen molar-refractivity contribution >= 4 is 11.7 Å². The predicted molar refractivity (Wildman–Crippen MR) is 82.9 cm³/mol. The molecule has 0 aliphatic rings. The zero-order valence-electron chi connectivity index (χ0n) is 12.0. The maximum atomic E-state index is 10.6. The van der Waals surface area contributed by atoms with Gasteiger partial charge < -0.3 is 15.2 Å². The van der Waals surface area contributed by atoms with E-state index in [2.05, 4.69) is 5.32 Å². The molecule has 2 N–H and O–H groups in total. The van der Waals surface area contributed by atoms with E-state index in [0.29, 0.717) is 6.42 Å². The summed E-state index contributed by atoms with van der Waals surface area (Å²) in [5.74, 6) is 0.716. The second kappa shape index (κ2) is 7.33. The van der Waals surface area contributed by atoms with Crippen LogP contribution in [0.25, 0.3) is 0 Å². The van der Waals surface area contributed by atoms with Crippen molar-refractivity contribution in [2.45, 2.75) is 25.8 Å². The molecule has 0 spiro atoms. The molecule has 0 heterocycles. The highest BCUT2D eigenvalue weighted by Crippen LogP contribution is 2.29. The van der Waals surface area contributed by atoms with Gasteiger partial charge in [-0.05, 0) is 37.6 Å². The average Bonchev–Trinajstić information content (AvgIpc) is 2.48. The summed E-state index contributed by atoms with van der Waals surface area (Å²) < 4.78 is 5.86. The van der Waals surface area contributed by atoms with Crippen molar-refractivity contribution in [3.63, 3.8) is 0 Å². The first kappa shape index (κ1) is 14.9. The van der Waals surface area contributed by atoms with Crippen molar-refractivity contribution in [2.75, 3.05) is 5.32 Å². The Morgan fingerprint density at radius 3 is 2.52 bits per heavy atom. The van der Waals surface area contributed by atoms with E-state index in [1.54, 1.807) is 0 Å². The SMILES string of the molecule is CC(CCC(=O)O)Nc1ccccc1Oc1ccccc1. The monoisotopic (exact) mass is 285 g/mol. The molecular weight excluding hydrogens is 266 g/mol. The van der Waals surface area contributed by atoms with Gasteiger partial charge in [0.1, 0.15) is 5.75 Å². The van der Waals surface area contributed by atoms with Crippen LogP contribution in [0, 0.1) is 0 Å². The molecule has 1 atom stereocenters. The van der Waals surface area contributed by atoms with E-state index in [4.69, 9.17) is 9.84 Å². The fourth-order valence-electron chi connectivity index (χ4n) is 1.97. The van der Waals surface area contributed by atoms with Crippen molar-refractivity contribution in [3.8, 4) is 11.5 Å². The Morgan fingerprint density at radius 2 is 1.81 bits per heavy atom. The van der Waals surface area contributed by atoms with E-state index in [-0.39, 0.29) is 12.5 Å². The van der Waals surface area contributed by atoms with Gasteiger partial charge in [-0.2, -0.15) is 0 Å². The van der Waals surface area contributed by atoms with E-state index in [1.807, 2.05) is 61.5 Å². The van der Waals surface area contributed by atoms with Gasteiger partial charge in [-0.3, -0.25) is 4.79 Å². The molecule has 0 amide bonds. The minimum absolute atomic E-state index is 0.0571. The average molecular weight is 285 g/mol.